The van der Waals surface area contributed by atoms with Crippen LogP contribution in [0.1, 0.15) is 20.3 Å². The number of nitrogens with one attached hydrogen (secondary N) is 2. The second kappa shape index (κ2) is 8.23. The van der Waals surface area contributed by atoms with Crippen molar-refractivity contribution in [1.82, 2.24) is 15.0 Å². The molecular weight excluding hydrogens is 397 g/mol. The molecule has 0 amide bonds. The third kappa shape index (κ3) is 4.54. The average Bonchev–Trinajstić information content (AvgIpc) is 2.65. The molecule has 2 N–H and O–H groups in total. The van der Waals surface area contributed by atoms with E-state index < -0.39 is 0 Å². The molecule has 0 aliphatic carbocycles. The Bertz CT molecular complexity index is 888. The lowest BCUT2D eigenvalue weighted by Gasteiger charge is -2.14. The zero-order valence-corrected chi connectivity index (χ0v) is 16.1. The normalized spacial score (nSPS) is 11.8. The fourth-order valence-corrected chi connectivity index (χ4v) is 2.51. The lowest BCUT2D eigenvalue weighted by Crippen LogP contribution is -2.16. The first kappa shape index (κ1) is 18.3. The second-order valence-electron chi connectivity index (χ2n) is 5.88. The zero-order valence-electron chi connectivity index (χ0n) is 14.5. The van der Waals surface area contributed by atoms with E-state index in [9.17, 15) is 4.39 Å². The molecule has 3 rings (SSSR count). The zero-order chi connectivity index (χ0) is 18.5. The SMILES string of the molecule is CC[C@@H](C)Nc1nc(Nc2ccc(Br)c(F)c2)cc(-c2ccccn2)n1. The predicted molar refractivity (Wildman–Crippen MR) is 106 cm³/mol. The highest BCUT2D eigenvalue weighted by Crippen LogP contribution is 2.25. The van der Waals surface area contributed by atoms with E-state index >= 15 is 0 Å². The number of hydrogen-bond donors (Lipinski definition) is 2. The number of rotatable bonds is 6. The molecule has 1 aromatic carbocycles. The van der Waals surface area contributed by atoms with Crippen LogP contribution in [0.25, 0.3) is 11.4 Å². The third-order valence-electron chi connectivity index (χ3n) is 3.83. The van der Waals surface area contributed by atoms with Crippen molar-refractivity contribution in [3.63, 3.8) is 0 Å². The standard InChI is InChI=1S/C19H19BrFN5/c1-3-12(2)23-19-25-17(16-6-4-5-9-22-16)11-18(26-19)24-13-7-8-14(20)15(21)10-13/h4-12H,3H2,1-2H3,(H2,23,24,25,26)/t12-/m1/s1. The lowest BCUT2D eigenvalue weighted by molar-refractivity contribution is 0.622. The molecule has 1 atom stereocenters. The van der Waals surface area contributed by atoms with Crippen molar-refractivity contribution in [3.05, 3.63) is 59.0 Å². The molecule has 0 spiro atoms. The molecule has 0 aliphatic heterocycles. The number of nitrogens with zero attached hydrogens (tertiary/aromatic N) is 3. The van der Waals surface area contributed by atoms with Crippen molar-refractivity contribution < 1.29 is 4.39 Å². The van der Waals surface area contributed by atoms with Gasteiger partial charge in [0, 0.05) is 24.0 Å². The van der Waals surface area contributed by atoms with E-state index in [0.717, 1.165) is 12.1 Å². The van der Waals surface area contributed by atoms with Gasteiger partial charge in [0.1, 0.15) is 11.6 Å². The highest BCUT2D eigenvalue weighted by atomic mass is 79.9. The third-order valence-corrected chi connectivity index (χ3v) is 4.48. The van der Waals surface area contributed by atoms with Gasteiger partial charge in [0.05, 0.1) is 15.9 Å². The first-order valence-corrected chi connectivity index (χ1v) is 9.13. The van der Waals surface area contributed by atoms with E-state index in [0.29, 0.717) is 27.6 Å². The van der Waals surface area contributed by atoms with Crippen molar-refractivity contribution in [2.75, 3.05) is 10.6 Å². The molecule has 0 radical (unpaired) electrons. The lowest BCUT2D eigenvalue weighted by atomic mass is 10.2. The van der Waals surface area contributed by atoms with Gasteiger partial charge < -0.3 is 10.6 Å². The quantitative estimate of drug-likeness (QED) is 0.564. The Morgan fingerprint density at radius 1 is 1.12 bits per heavy atom. The topological polar surface area (TPSA) is 62.7 Å². The Labute approximate surface area is 160 Å². The van der Waals surface area contributed by atoms with Crippen LogP contribution in [0.15, 0.2) is 53.1 Å². The minimum atomic E-state index is -0.341. The van der Waals surface area contributed by atoms with Gasteiger partial charge in [-0.1, -0.05) is 13.0 Å². The molecule has 2 heterocycles. The number of hydrogen-bond acceptors (Lipinski definition) is 5. The van der Waals surface area contributed by atoms with E-state index in [1.165, 1.54) is 6.07 Å². The van der Waals surface area contributed by atoms with Gasteiger partial charge in [-0.25, -0.2) is 9.37 Å². The van der Waals surface area contributed by atoms with Gasteiger partial charge in [0.2, 0.25) is 5.95 Å². The van der Waals surface area contributed by atoms with Crippen molar-refractivity contribution in [3.8, 4) is 11.4 Å². The predicted octanol–water partition coefficient (Wildman–Crippen LogP) is 5.39. The molecule has 3 aromatic rings. The fourth-order valence-electron chi connectivity index (χ4n) is 2.27. The van der Waals surface area contributed by atoms with Gasteiger partial charge in [-0.05, 0) is 59.6 Å². The minimum absolute atomic E-state index is 0.229. The maximum atomic E-state index is 13.8. The molecule has 0 fully saturated rings. The summed E-state index contributed by atoms with van der Waals surface area (Å²) in [5.74, 6) is 0.725. The van der Waals surface area contributed by atoms with Crippen molar-refractivity contribution in [2.45, 2.75) is 26.3 Å². The van der Waals surface area contributed by atoms with Crippen LogP contribution < -0.4 is 10.6 Å². The van der Waals surface area contributed by atoms with Gasteiger partial charge >= 0.3 is 0 Å². The van der Waals surface area contributed by atoms with Crippen LogP contribution in [0.3, 0.4) is 0 Å². The summed E-state index contributed by atoms with van der Waals surface area (Å²) in [5, 5.41) is 6.41. The molecule has 0 saturated heterocycles. The van der Waals surface area contributed by atoms with Gasteiger partial charge in [-0.3, -0.25) is 4.98 Å². The Morgan fingerprint density at radius 3 is 2.65 bits per heavy atom. The summed E-state index contributed by atoms with van der Waals surface area (Å²) < 4.78 is 14.2. The van der Waals surface area contributed by atoms with Gasteiger partial charge in [-0.2, -0.15) is 4.98 Å². The average molecular weight is 416 g/mol. The van der Waals surface area contributed by atoms with Crippen LogP contribution >= 0.6 is 15.9 Å². The number of aromatic nitrogens is 3. The van der Waals surface area contributed by atoms with Crippen LogP contribution in [0, 0.1) is 5.82 Å². The van der Waals surface area contributed by atoms with Crippen LogP contribution in [0.2, 0.25) is 0 Å². The maximum Gasteiger partial charge on any atom is 0.225 e. The molecule has 0 aliphatic rings. The van der Waals surface area contributed by atoms with Crippen LogP contribution in [-0.2, 0) is 0 Å². The van der Waals surface area contributed by atoms with Crippen molar-refractivity contribution >= 4 is 33.4 Å². The largest absolute Gasteiger partial charge is 0.352 e. The van der Waals surface area contributed by atoms with Crippen LogP contribution in [0.4, 0.5) is 21.8 Å². The summed E-state index contributed by atoms with van der Waals surface area (Å²) in [6.45, 7) is 4.15. The summed E-state index contributed by atoms with van der Waals surface area (Å²) in [7, 11) is 0. The molecule has 2 aromatic heterocycles. The van der Waals surface area contributed by atoms with Crippen LogP contribution in [-0.4, -0.2) is 21.0 Å². The summed E-state index contributed by atoms with van der Waals surface area (Å²) in [4.78, 5) is 13.4. The molecule has 134 valence electrons. The smallest absolute Gasteiger partial charge is 0.225 e. The van der Waals surface area contributed by atoms with Gasteiger partial charge in [0.25, 0.3) is 0 Å². The summed E-state index contributed by atoms with van der Waals surface area (Å²) in [6, 6.07) is 12.5. The molecule has 0 unspecified atom stereocenters. The summed E-state index contributed by atoms with van der Waals surface area (Å²) in [5.41, 5.74) is 2.03. The number of halogens is 2. The molecule has 5 nitrogen and oxygen atoms in total. The highest BCUT2D eigenvalue weighted by Gasteiger charge is 2.10. The maximum absolute atomic E-state index is 13.8. The fraction of sp³-hybridized carbons (Fsp3) is 0.211. The summed E-state index contributed by atoms with van der Waals surface area (Å²) in [6.07, 6.45) is 2.66. The first-order chi connectivity index (χ1) is 12.5. The number of benzene rings is 1. The number of anilines is 3. The van der Waals surface area contributed by atoms with Crippen molar-refractivity contribution in [1.29, 1.82) is 0 Å². The van der Waals surface area contributed by atoms with E-state index in [4.69, 9.17) is 0 Å². The second-order valence-corrected chi connectivity index (χ2v) is 6.74. The molecule has 26 heavy (non-hydrogen) atoms. The van der Waals surface area contributed by atoms with Gasteiger partial charge in [-0.15, -0.1) is 0 Å². The minimum Gasteiger partial charge on any atom is -0.352 e. The monoisotopic (exact) mass is 415 g/mol. The number of pyridine rings is 1. The highest BCUT2D eigenvalue weighted by molar-refractivity contribution is 9.10. The van der Waals surface area contributed by atoms with E-state index in [1.54, 1.807) is 24.4 Å². The van der Waals surface area contributed by atoms with E-state index in [2.05, 4.69) is 55.4 Å². The first-order valence-electron chi connectivity index (χ1n) is 8.34. The van der Waals surface area contributed by atoms with Crippen molar-refractivity contribution in [2.24, 2.45) is 0 Å². The Morgan fingerprint density at radius 2 is 1.96 bits per heavy atom. The summed E-state index contributed by atoms with van der Waals surface area (Å²) >= 11 is 3.16. The Kier molecular flexibility index (Phi) is 5.78. The molecule has 0 bridgehead atoms. The Balaban J connectivity index is 1.97. The van der Waals surface area contributed by atoms with Crippen LogP contribution in [0.5, 0.6) is 0 Å². The van der Waals surface area contributed by atoms with E-state index in [-0.39, 0.29) is 11.9 Å². The molecular formula is C19H19BrFN5. The van der Waals surface area contributed by atoms with E-state index in [1.807, 2.05) is 18.2 Å². The van der Waals surface area contributed by atoms with Gasteiger partial charge in [0.15, 0.2) is 0 Å². The molecule has 0 saturated carbocycles. The molecule has 7 heteroatoms. The Hall–Kier alpha value is -2.54.